The first-order valence-electron chi connectivity index (χ1n) is 17.5. The van der Waals surface area contributed by atoms with Crippen LogP contribution >= 0.6 is 0 Å². The number of rotatable bonds is 7. The van der Waals surface area contributed by atoms with Gasteiger partial charge in [0, 0.05) is 12.3 Å². The summed E-state index contributed by atoms with van der Waals surface area (Å²) in [5.41, 5.74) is 6.33. The fourth-order valence-electron chi connectivity index (χ4n) is 7.37. The highest BCUT2D eigenvalue weighted by Gasteiger charge is 2.39. The molecule has 3 aliphatic rings. The second-order valence-corrected chi connectivity index (χ2v) is 16.4. The van der Waals surface area contributed by atoms with Crippen molar-refractivity contribution >= 4 is 17.3 Å². The Balaban J connectivity index is 0.000000337. The quantitative estimate of drug-likeness (QED) is 0.210. The number of hydrogen-bond acceptors (Lipinski definition) is 3. The summed E-state index contributed by atoms with van der Waals surface area (Å²) in [5.74, 6) is 3.60. The van der Waals surface area contributed by atoms with Gasteiger partial charge in [-0.25, -0.2) is 0 Å². The SMILES string of the molecule is C=C1CCC(C)C(C)(C)C1/C=C/C(C)=O.CC(=O)/C=C/C1=C(C)CCC(C)C1(C)C.CC(=O)CCC1C(C)=CCC(C)C1(C)C. The standard InChI is InChI=1S/C14H24O.2C14H22O/c3*1-10-6-7-11(2)14(4,5)13(10)9-8-12(3)15/h6,11,13H,7-9H2,1-5H3;8-9,11H,6-7H2,1-5H3;8-9,11,13H,1,6-7H2,2-5H3/b;2*9-8+. The van der Waals surface area contributed by atoms with E-state index in [9.17, 15) is 14.4 Å². The van der Waals surface area contributed by atoms with Gasteiger partial charge in [-0.1, -0.05) is 104 Å². The van der Waals surface area contributed by atoms with Gasteiger partial charge in [0.1, 0.15) is 5.78 Å². The smallest absolute Gasteiger partial charge is 0.152 e. The van der Waals surface area contributed by atoms with E-state index in [4.69, 9.17) is 0 Å². The first kappa shape index (κ1) is 40.7. The Kier molecular flexibility index (Phi) is 15.4. The van der Waals surface area contributed by atoms with E-state index in [0.717, 1.165) is 25.2 Å². The van der Waals surface area contributed by atoms with Crippen LogP contribution in [0, 0.1) is 45.8 Å². The Morgan fingerprint density at radius 1 is 0.822 bits per heavy atom. The Labute approximate surface area is 278 Å². The van der Waals surface area contributed by atoms with Crippen molar-refractivity contribution in [1.29, 1.82) is 0 Å². The predicted molar refractivity (Wildman–Crippen MR) is 194 cm³/mol. The van der Waals surface area contributed by atoms with Gasteiger partial charge < -0.3 is 4.79 Å². The molecule has 0 bridgehead atoms. The molecule has 5 unspecified atom stereocenters. The van der Waals surface area contributed by atoms with Gasteiger partial charge in [-0.3, -0.25) is 9.59 Å². The molecule has 1 saturated carbocycles. The van der Waals surface area contributed by atoms with Gasteiger partial charge >= 0.3 is 0 Å². The molecule has 3 nitrogen and oxygen atoms in total. The van der Waals surface area contributed by atoms with Crippen molar-refractivity contribution in [1.82, 2.24) is 0 Å². The zero-order valence-corrected chi connectivity index (χ0v) is 31.7. The van der Waals surface area contributed by atoms with Crippen molar-refractivity contribution < 1.29 is 14.4 Å². The summed E-state index contributed by atoms with van der Waals surface area (Å²) in [6.45, 7) is 34.2. The minimum absolute atomic E-state index is 0.122. The lowest BCUT2D eigenvalue weighted by atomic mass is 9.61. The Morgan fingerprint density at radius 3 is 1.91 bits per heavy atom. The third kappa shape index (κ3) is 11.5. The molecule has 0 aromatic heterocycles. The van der Waals surface area contributed by atoms with E-state index in [2.05, 4.69) is 88.8 Å². The summed E-state index contributed by atoms with van der Waals surface area (Å²) < 4.78 is 0. The molecule has 3 aliphatic carbocycles. The molecule has 0 amide bonds. The first-order valence-corrected chi connectivity index (χ1v) is 17.5. The van der Waals surface area contributed by atoms with E-state index >= 15 is 0 Å². The molecule has 0 heterocycles. The first-order chi connectivity index (χ1) is 20.6. The van der Waals surface area contributed by atoms with Crippen LogP contribution in [-0.2, 0) is 14.4 Å². The van der Waals surface area contributed by atoms with E-state index in [0.29, 0.717) is 34.9 Å². The molecule has 0 aromatic rings. The topological polar surface area (TPSA) is 51.2 Å². The molecule has 0 radical (unpaired) electrons. The average Bonchev–Trinajstić information content (AvgIpc) is 2.91. The molecule has 3 rings (SSSR count). The van der Waals surface area contributed by atoms with Gasteiger partial charge in [-0.15, -0.1) is 0 Å². The lowest BCUT2D eigenvalue weighted by Gasteiger charge is -2.44. The van der Waals surface area contributed by atoms with Crippen molar-refractivity contribution in [2.45, 2.75) is 142 Å². The van der Waals surface area contributed by atoms with Crippen LogP contribution in [0.3, 0.4) is 0 Å². The summed E-state index contributed by atoms with van der Waals surface area (Å²) in [4.78, 5) is 33.0. The number of carbonyl (C=O) groups excluding carboxylic acids is 3. The van der Waals surface area contributed by atoms with Crippen molar-refractivity contribution in [3.05, 3.63) is 59.3 Å². The van der Waals surface area contributed by atoms with E-state index < -0.39 is 0 Å². The minimum Gasteiger partial charge on any atom is -0.300 e. The lowest BCUT2D eigenvalue weighted by molar-refractivity contribution is -0.117. The molecule has 45 heavy (non-hydrogen) atoms. The summed E-state index contributed by atoms with van der Waals surface area (Å²) in [5, 5.41) is 0. The monoisotopic (exact) mass is 621 g/mol. The fourth-order valence-corrected chi connectivity index (χ4v) is 7.37. The third-order valence-electron chi connectivity index (χ3n) is 12.1. The van der Waals surface area contributed by atoms with Gasteiger partial charge in [-0.2, -0.15) is 0 Å². The molecule has 0 spiro atoms. The van der Waals surface area contributed by atoms with Crippen LogP contribution in [0.5, 0.6) is 0 Å². The van der Waals surface area contributed by atoms with Gasteiger partial charge in [-0.05, 0) is 131 Å². The van der Waals surface area contributed by atoms with E-state index in [1.165, 1.54) is 48.0 Å². The molecule has 254 valence electrons. The molecule has 0 aromatic carbocycles. The summed E-state index contributed by atoms with van der Waals surface area (Å²) in [6.07, 6.45) is 17.5. The fraction of sp³-hybridized carbons (Fsp3) is 0.690. The molecular formula is C42H68O3. The van der Waals surface area contributed by atoms with Crippen molar-refractivity contribution in [2.75, 3.05) is 0 Å². The normalized spacial score (nSPS) is 28.9. The van der Waals surface area contributed by atoms with E-state index in [1.807, 2.05) is 12.2 Å². The average molecular weight is 621 g/mol. The predicted octanol–water partition coefficient (Wildman–Crippen LogP) is 11.6. The summed E-state index contributed by atoms with van der Waals surface area (Å²) in [6, 6.07) is 0. The van der Waals surface area contributed by atoms with Crippen LogP contribution in [0.2, 0.25) is 0 Å². The van der Waals surface area contributed by atoms with Crippen LogP contribution in [0.15, 0.2) is 59.3 Å². The molecule has 1 fully saturated rings. The maximum Gasteiger partial charge on any atom is 0.152 e. The number of carbonyl (C=O) groups is 3. The van der Waals surface area contributed by atoms with Crippen molar-refractivity contribution in [2.24, 2.45) is 45.8 Å². The Bertz CT molecular complexity index is 1180. The second kappa shape index (κ2) is 17.0. The highest BCUT2D eigenvalue weighted by Crippen LogP contribution is 2.48. The van der Waals surface area contributed by atoms with Crippen molar-refractivity contribution in [3.8, 4) is 0 Å². The maximum atomic E-state index is 11.1. The number of Topliss-reactive ketones (excluding diaryl/α,β-unsaturated/α-hetero) is 1. The molecule has 3 heteroatoms. The highest BCUT2D eigenvalue weighted by atomic mass is 16.1. The zero-order chi connectivity index (χ0) is 34.9. The number of hydrogen-bond donors (Lipinski definition) is 0. The minimum atomic E-state index is 0.122. The molecular weight excluding hydrogens is 552 g/mol. The van der Waals surface area contributed by atoms with Crippen LogP contribution in [0.4, 0.5) is 0 Å². The van der Waals surface area contributed by atoms with Crippen LogP contribution in [0.1, 0.15) is 142 Å². The third-order valence-corrected chi connectivity index (χ3v) is 12.1. The van der Waals surface area contributed by atoms with Crippen molar-refractivity contribution in [3.63, 3.8) is 0 Å². The molecule has 0 N–H and O–H groups in total. The van der Waals surface area contributed by atoms with E-state index in [-0.39, 0.29) is 22.4 Å². The molecule has 5 atom stereocenters. The zero-order valence-electron chi connectivity index (χ0n) is 31.7. The molecule has 0 aliphatic heterocycles. The number of ketones is 3. The van der Waals surface area contributed by atoms with Crippen LogP contribution in [0.25, 0.3) is 0 Å². The largest absolute Gasteiger partial charge is 0.300 e. The van der Waals surface area contributed by atoms with Gasteiger partial charge in [0.25, 0.3) is 0 Å². The highest BCUT2D eigenvalue weighted by molar-refractivity contribution is 5.88. The number of allylic oxidation sites excluding steroid dienone is 9. The summed E-state index contributed by atoms with van der Waals surface area (Å²) in [7, 11) is 0. The van der Waals surface area contributed by atoms with Crippen LogP contribution < -0.4 is 0 Å². The lowest BCUT2D eigenvalue weighted by Crippen LogP contribution is -2.35. The second-order valence-electron chi connectivity index (χ2n) is 16.4. The van der Waals surface area contributed by atoms with Crippen LogP contribution in [-0.4, -0.2) is 17.3 Å². The summed E-state index contributed by atoms with van der Waals surface area (Å²) >= 11 is 0. The Morgan fingerprint density at radius 2 is 1.38 bits per heavy atom. The maximum absolute atomic E-state index is 11.1. The van der Waals surface area contributed by atoms with Gasteiger partial charge in [0.05, 0.1) is 0 Å². The Hall–Kier alpha value is -2.29. The van der Waals surface area contributed by atoms with Gasteiger partial charge in [0.15, 0.2) is 11.6 Å². The molecule has 0 saturated heterocycles. The van der Waals surface area contributed by atoms with Gasteiger partial charge in [0.2, 0.25) is 0 Å². The van der Waals surface area contributed by atoms with E-state index in [1.54, 1.807) is 32.9 Å².